The summed E-state index contributed by atoms with van der Waals surface area (Å²) in [7, 11) is 0. The lowest BCUT2D eigenvalue weighted by atomic mass is 10.7. The number of hydrogen-bond acceptors (Lipinski definition) is 3. The number of thiophene rings is 1. The normalized spacial score (nSPS) is 8.36. The Morgan fingerprint density at radius 2 is 2.45 bits per heavy atom. The van der Waals surface area contributed by atoms with Gasteiger partial charge in [0.25, 0.3) is 0 Å². The fourth-order valence-electron chi connectivity index (χ4n) is 0.485. The lowest BCUT2D eigenvalue weighted by molar-refractivity contribution is 0.491. The van der Waals surface area contributed by atoms with Gasteiger partial charge in [0, 0.05) is 12.4 Å². The number of aromatic hydroxyl groups is 1. The second-order valence-electron chi connectivity index (χ2n) is 1.71. The Kier molecular flexibility index (Phi) is 3.21. The summed E-state index contributed by atoms with van der Waals surface area (Å²) >= 11 is 1.33. The van der Waals surface area contributed by atoms with Gasteiger partial charge >= 0.3 is 0 Å². The Bertz CT molecular complexity index is 235. The van der Waals surface area contributed by atoms with Crippen LogP contribution in [-0.2, 0) is 0 Å². The molecule has 2 rings (SSSR count). The molecule has 0 saturated carbocycles. The van der Waals surface area contributed by atoms with Crippen LogP contribution in [0.4, 0.5) is 0 Å². The molecule has 0 atom stereocenters. The molecule has 2 heterocycles. The number of nitrogens with one attached hydrogen (secondary N) is 1. The van der Waals surface area contributed by atoms with Crippen molar-refractivity contribution in [2.75, 3.05) is 0 Å². The molecule has 2 aromatic heterocycles. The number of H-pyrrole nitrogens is 1. The molecule has 0 aromatic carbocycles. The van der Waals surface area contributed by atoms with E-state index < -0.39 is 0 Å². The van der Waals surface area contributed by atoms with Crippen LogP contribution in [0.15, 0.2) is 36.2 Å². The first-order chi connectivity index (χ1) is 5.39. The molecule has 4 heteroatoms. The highest BCUT2D eigenvalue weighted by atomic mass is 32.1. The topological polar surface area (TPSA) is 48.9 Å². The summed E-state index contributed by atoms with van der Waals surface area (Å²) in [6, 6.07) is 3.46. The number of nitrogens with zero attached hydrogens (tertiary/aromatic N) is 1. The Labute approximate surface area is 68.4 Å². The molecule has 0 fully saturated rings. The van der Waals surface area contributed by atoms with Gasteiger partial charge < -0.3 is 10.1 Å². The molecule has 0 amide bonds. The summed E-state index contributed by atoms with van der Waals surface area (Å²) in [4.78, 5) is 6.42. The molecular formula is C7H8N2OS. The number of aromatic nitrogens is 2. The van der Waals surface area contributed by atoms with Gasteiger partial charge in [-0.05, 0) is 17.5 Å². The predicted molar refractivity (Wildman–Crippen MR) is 44.6 cm³/mol. The maximum absolute atomic E-state index is 8.49. The van der Waals surface area contributed by atoms with Gasteiger partial charge in [0.1, 0.15) is 0 Å². The average molecular weight is 168 g/mol. The van der Waals surface area contributed by atoms with Crippen LogP contribution in [0, 0.1) is 0 Å². The highest BCUT2D eigenvalue weighted by Gasteiger charge is 1.77. The van der Waals surface area contributed by atoms with Crippen molar-refractivity contribution in [3.05, 3.63) is 36.2 Å². The van der Waals surface area contributed by atoms with Gasteiger partial charge in [-0.2, -0.15) is 0 Å². The van der Waals surface area contributed by atoms with E-state index in [1.54, 1.807) is 30.9 Å². The summed E-state index contributed by atoms with van der Waals surface area (Å²) in [6.07, 6.45) is 5.08. The van der Waals surface area contributed by atoms with E-state index in [-0.39, 0.29) is 0 Å². The fourth-order valence-corrected chi connectivity index (χ4v) is 0.939. The first-order valence-corrected chi connectivity index (χ1v) is 3.93. The largest absolute Gasteiger partial charge is 0.499 e. The second kappa shape index (κ2) is 4.51. The Morgan fingerprint density at radius 3 is 2.64 bits per heavy atom. The van der Waals surface area contributed by atoms with Gasteiger partial charge in [-0.25, -0.2) is 4.98 Å². The third-order valence-corrected chi connectivity index (χ3v) is 1.58. The van der Waals surface area contributed by atoms with Crippen molar-refractivity contribution in [2.45, 2.75) is 0 Å². The first kappa shape index (κ1) is 7.81. The zero-order valence-electron chi connectivity index (χ0n) is 5.77. The van der Waals surface area contributed by atoms with E-state index in [0.29, 0.717) is 5.06 Å². The van der Waals surface area contributed by atoms with Crippen LogP contribution in [0.2, 0.25) is 0 Å². The van der Waals surface area contributed by atoms with E-state index in [0.717, 1.165) is 0 Å². The minimum Gasteiger partial charge on any atom is -0.499 e. The van der Waals surface area contributed by atoms with Crippen molar-refractivity contribution >= 4 is 11.3 Å². The minimum absolute atomic E-state index is 0.384. The molecule has 2 aromatic rings. The molecule has 3 nitrogen and oxygen atoms in total. The predicted octanol–water partition coefficient (Wildman–Crippen LogP) is 1.86. The summed E-state index contributed by atoms with van der Waals surface area (Å²) in [5.41, 5.74) is 0. The molecule has 0 aliphatic carbocycles. The molecule has 0 bridgehead atoms. The molecular weight excluding hydrogens is 160 g/mol. The van der Waals surface area contributed by atoms with Gasteiger partial charge in [0.2, 0.25) is 0 Å². The van der Waals surface area contributed by atoms with Crippen LogP contribution in [-0.4, -0.2) is 15.1 Å². The molecule has 0 saturated heterocycles. The molecule has 0 radical (unpaired) electrons. The Hall–Kier alpha value is -1.29. The molecule has 0 aliphatic rings. The van der Waals surface area contributed by atoms with Crippen molar-refractivity contribution in [1.29, 1.82) is 0 Å². The molecule has 2 N–H and O–H groups in total. The molecule has 11 heavy (non-hydrogen) atoms. The molecule has 58 valence electrons. The zero-order chi connectivity index (χ0) is 7.94. The maximum atomic E-state index is 8.49. The minimum atomic E-state index is 0.384. The number of aromatic amines is 1. The van der Waals surface area contributed by atoms with E-state index in [1.807, 2.05) is 5.38 Å². The standard InChI is InChI=1S/C4H4OS.C3H4N2/c5-4-2-1-3-6-4;1-2-5-3-4-1/h1-3,5H;1-3H,(H,4,5). The zero-order valence-corrected chi connectivity index (χ0v) is 6.58. The third-order valence-electron chi connectivity index (χ3n) is 0.912. The van der Waals surface area contributed by atoms with Crippen molar-refractivity contribution in [1.82, 2.24) is 9.97 Å². The van der Waals surface area contributed by atoms with Crippen molar-refractivity contribution < 1.29 is 5.11 Å². The monoisotopic (exact) mass is 168 g/mol. The van der Waals surface area contributed by atoms with Crippen LogP contribution in [0.1, 0.15) is 0 Å². The quantitative estimate of drug-likeness (QED) is 0.630. The van der Waals surface area contributed by atoms with Crippen LogP contribution < -0.4 is 0 Å². The average Bonchev–Trinajstić information content (AvgIpc) is 2.57. The number of rotatable bonds is 0. The van der Waals surface area contributed by atoms with Crippen LogP contribution in [0.25, 0.3) is 0 Å². The van der Waals surface area contributed by atoms with Crippen LogP contribution in [0.3, 0.4) is 0 Å². The van der Waals surface area contributed by atoms with E-state index in [4.69, 9.17) is 5.11 Å². The maximum Gasteiger partial charge on any atom is 0.171 e. The van der Waals surface area contributed by atoms with Gasteiger partial charge in [-0.1, -0.05) is 0 Å². The number of imidazole rings is 1. The van der Waals surface area contributed by atoms with Gasteiger partial charge in [0.15, 0.2) is 5.06 Å². The lowest BCUT2D eigenvalue weighted by Crippen LogP contribution is -1.44. The van der Waals surface area contributed by atoms with E-state index in [2.05, 4.69) is 9.97 Å². The smallest absolute Gasteiger partial charge is 0.171 e. The van der Waals surface area contributed by atoms with Gasteiger partial charge in [-0.15, -0.1) is 11.3 Å². The molecule has 0 unspecified atom stereocenters. The van der Waals surface area contributed by atoms with Crippen molar-refractivity contribution in [3.8, 4) is 5.06 Å². The number of hydrogen-bond donors (Lipinski definition) is 2. The van der Waals surface area contributed by atoms with E-state index >= 15 is 0 Å². The summed E-state index contributed by atoms with van der Waals surface area (Å²) in [6.45, 7) is 0. The third kappa shape index (κ3) is 3.42. The summed E-state index contributed by atoms with van der Waals surface area (Å²) in [5.74, 6) is 0. The Balaban J connectivity index is 0.000000112. The second-order valence-corrected chi connectivity index (χ2v) is 2.64. The SMILES string of the molecule is Oc1cccs1.c1c[nH]cn1. The molecule has 0 aliphatic heterocycles. The Morgan fingerprint density at radius 1 is 1.55 bits per heavy atom. The summed E-state index contributed by atoms with van der Waals surface area (Å²) in [5, 5.41) is 10.7. The van der Waals surface area contributed by atoms with Crippen molar-refractivity contribution in [3.63, 3.8) is 0 Å². The van der Waals surface area contributed by atoms with E-state index in [1.165, 1.54) is 11.3 Å². The van der Waals surface area contributed by atoms with Gasteiger partial charge in [0.05, 0.1) is 6.33 Å². The highest BCUT2D eigenvalue weighted by Crippen LogP contribution is 2.14. The lowest BCUT2D eigenvalue weighted by Gasteiger charge is -1.67. The fraction of sp³-hybridized carbons (Fsp3) is 0. The van der Waals surface area contributed by atoms with Gasteiger partial charge in [-0.3, -0.25) is 0 Å². The van der Waals surface area contributed by atoms with Crippen molar-refractivity contribution in [2.24, 2.45) is 0 Å². The van der Waals surface area contributed by atoms with Crippen LogP contribution in [0.5, 0.6) is 5.06 Å². The van der Waals surface area contributed by atoms with E-state index in [9.17, 15) is 0 Å². The summed E-state index contributed by atoms with van der Waals surface area (Å²) < 4.78 is 0. The molecule has 0 spiro atoms. The van der Waals surface area contributed by atoms with Crippen LogP contribution >= 0.6 is 11.3 Å². The highest BCUT2D eigenvalue weighted by molar-refractivity contribution is 7.11. The first-order valence-electron chi connectivity index (χ1n) is 3.05.